The van der Waals surface area contributed by atoms with E-state index in [0.29, 0.717) is 18.4 Å². The van der Waals surface area contributed by atoms with E-state index in [1.807, 2.05) is 20.8 Å². The van der Waals surface area contributed by atoms with Crippen molar-refractivity contribution in [3.05, 3.63) is 29.8 Å². The highest BCUT2D eigenvalue weighted by Gasteiger charge is 2.31. The molecular formula is C14H17F3O2. The number of Topliss-reactive ketones (excluding diaryl/α,β-unsaturated/α-hetero) is 1. The van der Waals surface area contributed by atoms with E-state index < -0.39 is 11.8 Å². The molecule has 0 aromatic heterocycles. The van der Waals surface area contributed by atoms with Crippen LogP contribution in [0.2, 0.25) is 0 Å². The molecule has 0 spiro atoms. The third-order valence-corrected chi connectivity index (χ3v) is 2.61. The first-order chi connectivity index (χ1) is 8.58. The zero-order chi connectivity index (χ0) is 14.7. The van der Waals surface area contributed by atoms with Gasteiger partial charge in [0.2, 0.25) is 0 Å². The normalized spacial score (nSPS) is 12.3. The van der Waals surface area contributed by atoms with E-state index in [4.69, 9.17) is 0 Å². The second kappa shape index (κ2) is 5.63. The van der Waals surface area contributed by atoms with Crippen molar-refractivity contribution in [1.29, 1.82) is 0 Å². The summed E-state index contributed by atoms with van der Waals surface area (Å²) < 4.78 is 40.0. The number of ether oxygens (including phenoxy) is 1. The second-order valence-electron chi connectivity index (χ2n) is 5.37. The standard InChI is InChI=1S/C14H17F3O2/c1-13(2,3)12(18)8-7-10-5-4-6-11(9-10)19-14(15,16)17/h4-6,9H,7-8H2,1-3H3. The Labute approximate surface area is 110 Å². The summed E-state index contributed by atoms with van der Waals surface area (Å²) in [5, 5.41) is 0. The van der Waals surface area contributed by atoms with Crippen LogP contribution in [0.1, 0.15) is 32.8 Å². The van der Waals surface area contributed by atoms with Crippen LogP contribution in [0.15, 0.2) is 24.3 Å². The summed E-state index contributed by atoms with van der Waals surface area (Å²) in [5.41, 5.74) is 0.222. The highest BCUT2D eigenvalue weighted by atomic mass is 19.4. The van der Waals surface area contributed by atoms with Gasteiger partial charge in [0.1, 0.15) is 11.5 Å². The second-order valence-corrected chi connectivity index (χ2v) is 5.37. The summed E-state index contributed by atoms with van der Waals surface area (Å²) in [7, 11) is 0. The molecule has 0 aliphatic heterocycles. The lowest BCUT2D eigenvalue weighted by atomic mass is 9.87. The first-order valence-corrected chi connectivity index (χ1v) is 5.96. The molecule has 0 radical (unpaired) electrons. The van der Waals surface area contributed by atoms with E-state index in [9.17, 15) is 18.0 Å². The maximum Gasteiger partial charge on any atom is 0.573 e. The number of hydrogen-bond donors (Lipinski definition) is 0. The number of ketones is 1. The van der Waals surface area contributed by atoms with Crippen LogP contribution < -0.4 is 4.74 Å². The van der Waals surface area contributed by atoms with Crippen molar-refractivity contribution in [2.75, 3.05) is 0 Å². The summed E-state index contributed by atoms with van der Waals surface area (Å²) in [4.78, 5) is 11.7. The van der Waals surface area contributed by atoms with Gasteiger partial charge in [0.25, 0.3) is 0 Å². The zero-order valence-corrected chi connectivity index (χ0v) is 11.2. The molecule has 2 nitrogen and oxygen atoms in total. The molecule has 1 aromatic carbocycles. The lowest BCUT2D eigenvalue weighted by Gasteiger charge is -2.16. The molecule has 0 saturated heterocycles. The van der Waals surface area contributed by atoms with Crippen LogP contribution in [-0.4, -0.2) is 12.1 Å². The van der Waals surface area contributed by atoms with Gasteiger partial charge in [-0.1, -0.05) is 32.9 Å². The molecule has 0 saturated carbocycles. The lowest BCUT2D eigenvalue weighted by Crippen LogP contribution is -2.20. The first-order valence-electron chi connectivity index (χ1n) is 5.96. The highest BCUT2D eigenvalue weighted by Crippen LogP contribution is 2.24. The minimum atomic E-state index is -4.69. The molecule has 0 amide bonds. The number of alkyl halides is 3. The number of hydrogen-bond acceptors (Lipinski definition) is 2. The van der Waals surface area contributed by atoms with Gasteiger partial charge >= 0.3 is 6.36 Å². The van der Waals surface area contributed by atoms with E-state index in [2.05, 4.69) is 4.74 Å². The Balaban J connectivity index is 2.66. The molecule has 1 rings (SSSR count). The molecule has 0 unspecified atom stereocenters. The Morgan fingerprint density at radius 2 is 1.84 bits per heavy atom. The Bertz CT molecular complexity index is 445. The Hall–Kier alpha value is -1.52. The topological polar surface area (TPSA) is 26.3 Å². The highest BCUT2D eigenvalue weighted by molar-refractivity contribution is 5.83. The monoisotopic (exact) mass is 274 g/mol. The summed E-state index contributed by atoms with van der Waals surface area (Å²) in [6.45, 7) is 5.45. The third kappa shape index (κ3) is 5.77. The van der Waals surface area contributed by atoms with Crippen LogP contribution in [0.3, 0.4) is 0 Å². The van der Waals surface area contributed by atoms with Crippen molar-refractivity contribution in [1.82, 2.24) is 0 Å². The molecule has 0 atom stereocenters. The first kappa shape index (κ1) is 15.5. The molecule has 0 aliphatic carbocycles. The number of halogens is 3. The van der Waals surface area contributed by atoms with Crippen molar-refractivity contribution >= 4 is 5.78 Å². The van der Waals surface area contributed by atoms with Crippen LogP contribution in [-0.2, 0) is 11.2 Å². The minimum Gasteiger partial charge on any atom is -0.406 e. The number of benzene rings is 1. The molecule has 19 heavy (non-hydrogen) atoms. The average Bonchev–Trinajstić information content (AvgIpc) is 2.22. The van der Waals surface area contributed by atoms with Gasteiger partial charge in [0.15, 0.2) is 0 Å². The van der Waals surface area contributed by atoms with Crippen molar-refractivity contribution in [3.8, 4) is 5.75 Å². The van der Waals surface area contributed by atoms with Gasteiger partial charge in [-0.2, -0.15) is 0 Å². The van der Waals surface area contributed by atoms with E-state index in [0.717, 1.165) is 0 Å². The van der Waals surface area contributed by atoms with Crippen molar-refractivity contribution in [2.24, 2.45) is 5.41 Å². The fourth-order valence-electron chi connectivity index (χ4n) is 1.53. The third-order valence-electron chi connectivity index (χ3n) is 2.61. The van der Waals surface area contributed by atoms with E-state index >= 15 is 0 Å². The SMILES string of the molecule is CC(C)(C)C(=O)CCc1cccc(OC(F)(F)F)c1. The van der Waals surface area contributed by atoms with Gasteiger partial charge in [-0.15, -0.1) is 13.2 Å². The molecular weight excluding hydrogens is 257 g/mol. The molecule has 1 aromatic rings. The Kier molecular flexibility index (Phi) is 4.61. The number of rotatable bonds is 4. The van der Waals surface area contributed by atoms with Gasteiger partial charge in [-0.25, -0.2) is 0 Å². The lowest BCUT2D eigenvalue weighted by molar-refractivity contribution is -0.274. The molecule has 0 aliphatic rings. The van der Waals surface area contributed by atoms with Crippen LogP contribution in [0.5, 0.6) is 5.75 Å². The van der Waals surface area contributed by atoms with Gasteiger partial charge in [-0.3, -0.25) is 4.79 Å². The zero-order valence-electron chi connectivity index (χ0n) is 11.2. The summed E-state index contributed by atoms with van der Waals surface area (Å²) in [6, 6.07) is 5.71. The summed E-state index contributed by atoms with van der Waals surface area (Å²) >= 11 is 0. The number of aryl methyl sites for hydroxylation is 1. The molecule has 5 heteroatoms. The van der Waals surface area contributed by atoms with Crippen LogP contribution >= 0.6 is 0 Å². The van der Waals surface area contributed by atoms with E-state index in [1.165, 1.54) is 18.2 Å². The van der Waals surface area contributed by atoms with Crippen molar-refractivity contribution in [2.45, 2.75) is 40.0 Å². The molecule has 0 N–H and O–H groups in total. The Morgan fingerprint density at radius 1 is 1.21 bits per heavy atom. The maximum absolute atomic E-state index is 12.1. The van der Waals surface area contributed by atoms with Gasteiger partial charge in [-0.05, 0) is 24.1 Å². The average molecular weight is 274 g/mol. The molecule has 106 valence electrons. The number of carbonyl (C=O) groups excluding carboxylic acids is 1. The fourth-order valence-corrected chi connectivity index (χ4v) is 1.53. The minimum absolute atomic E-state index is 0.0784. The van der Waals surface area contributed by atoms with Crippen LogP contribution in [0.25, 0.3) is 0 Å². The largest absolute Gasteiger partial charge is 0.573 e. The fraction of sp³-hybridized carbons (Fsp3) is 0.500. The Morgan fingerprint density at radius 3 is 2.37 bits per heavy atom. The molecule has 0 bridgehead atoms. The van der Waals surface area contributed by atoms with Gasteiger partial charge in [0, 0.05) is 11.8 Å². The number of carbonyl (C=O) groups is 1. The van der Waals surface area contributed by atoms with Gasteiger partial charge < -0.3 is 4.74 Å². The van der Waals surface area contributed by atoms with E-state index in [1.54, 1.807) is 6.07 Å². The van der Waals surface area contributed by atoms with Crippen LogP contribution in [0, 0.1) is 5.41 Å². The predicted molar refractivity (Wildman–Crippen MR) is 65.9 cm³/mol. The smallest absolute Gasteiger partial charge is 0.406 e. The molecule has 0 heterocycles. The predicted octanol–water partition coefficient (Wildman–Crippen LogP) is 4.13. The van der Waals surface area contributed by atoms with Crippen molar-refractivity contribution in [3.63, 3.8) is 0 Å². The summed E-state index contributed by atoms with van der Waals surface area (Å²) in [5.74, 6) is -0.178. The quantitative estimate of drug-likeness (QED) is 0.825. The maximum atomic E-state index is 12.1. The van der Waals surface area contributed by atoms with Crippen LogP contribution in [0.4, 0.5) is 13.2 Å². The van der Waals surface area contributed by atoms with E-state index in [-0.39, 0.29) is 11.5 Å². The van der Waals surface area contributed by atoms with Crippen molar-refractivity contribution < 1.29 is 22.7 Å². The van der Waals surface area contributed by atoms with Gasteiger partial charge in [0.05, 0.1) is 0 Å². The molecule has 0 fully saturated rings. The summed E-state index contributed by atoms with van der Waals surface area (Å²) in [6.07, 6.45) is -3.98.